The summed E-state index contributed by atoms with van der Waals surface area (Å²) in [6.45, 7) is 4.43. The third kappa shape index (κ3) is 4.49. The van der Waals surface area contributed by atoms with Crippen molar-refractivity contribution < 1.29 is 27.1 Å². The Morgan fingerprint density at radius 1 is 1.19 bits per heavy atom. The first kappa shape index (κ1) is 25.0. The maximum absolute atomic E-state index is 13.7. The summed E-state index contributed by atoms with van der Waals surface area (Å²) in [4.78, 5) is 18.8. The van der Waals surface area contributed by atoms with E-state index in [9.17, 15) is 18.0 Å². The number of alkyl halides is 3. The normalized spacial score (nSPS) is 16.6. The zero-order valence-electron chi connectivity index (χ0n) is 21.0. The molecule has 5 nitrogen and oxygen atoms in total. The van der Waals surface area contributed by atoms with E-state index in [0.29, 0.717) is 18.7 Å². The van der Waals surface area contributed by atoms with Gasteiger partial charge in [-0.15, -0.1) is 0 Å². The smallest absolute Gasteiger partial charge is 0.417 e. The molecular formula is C29H29F3N2O3. The number of carbonyl (C=O) groups is 1. The van der Waals surface area contributed by atoms with Crippen LogP contribution in [-0.2, 0) is 17.4 Å². The number of rotatable bonds is 6. The second-order valence-corrected chi connectivity index (χ2v) is 9.55. The number of furan rings is 1. The lowest BCUT2D eigenvalue weighted by Crippen LogP contribution is -2.43. The predicted octanol–water partition coefficient (Wildman–Crippen LogP) is 7.37. The fourth-order valence-corrected chi connectivity index (χ4v) is 5.36. The van der Waals surface area contributed by atoms with Crippen LogP contribution in [0.2, 0.25) is 0 Å². The number of hydrogen-bond donors (Lipinski definition) is 1. The molecule has 0 spiro atoms. The summed E-state index contributed by atoms with van der Waals surface area (Å²) < 4.78 is 52.6. The summed E-state index contributed by atoms with van der Waals surface area (Å²) in [5, 5.41) is 1.00. The highest BCUT2D eigenvalue weighted by Gasteiger charge is 2.39. The van der Waals surface area contributed by atoms with Crippen LogP contribution in [0.25, 0.3) is 22.2 Å². The first-order valence-corrected chi connectivity index (χ1v) is 12.5. The number of methoxy groups -OCH3 is 1. The van der Waals surface area contributed by atoms with Crippen molar-refractivity contribution >= 4 is 16.8 Å². The van der Waals surface area contributed by atoms with Crippen LogP contribution in [0.4, 0.5) is 13.2 Å². The highest BCUT2D eigenvalue weighted by atomic mass is 19.4. The van der Waals surface area contributed by atoms with E-state index in [1.165, 1.54) is 12.1 Å². The Balaban J connectivity index is 1.64. The van der Waals surface area contributed by atoms with Crippen molar-refractivity contribution in [3.05, 3.63) is 77.2 Å². The molecule has 1 N–H and O–H groups in total. The standard InChI is InChI=1S/C29H29F3N2O3/c1-4-7-17(2)28(35)34-15-14-19-21-16-18(36-3)10-11-23(21)33-26(19)27(34)25-13-12-24(37-25)20-8-5-6-9-22(20)29(30,31)32/h5-6,8-13,16-17,27,33H,4,7,14-15H2,1-3H3/t17-,27-/m0/s1. The van der Waals surface area contributed by atoms with Crippen LogP contribution >= 0.6 is 0 Å². The molecule has 0 bridgehead atoms. The lowest BCUT2D eigenvalue weighted by molar-refractivity contribution is -0.138. The van der Waals surface area contributed by atoms with Crippen molar-refractivity contribution in [2.45, 2.75) is 45.3 Å². The molecule has 1 aliphatic rings. The topological polar surface area (TPSA) is 58.5 Å². The number of aromatic amines is 1. The third-order valence-corrected chi connectivity index (χ3v) is 7.15. The van der Waals surface area contributed by atoms with Gasteiger partial charge >= 0.3 is 6.18 Å². The molecule has 0 radical (unpaired) electrons. The van der Waals surface area contributed by atoms with E-state index in [1.54, 1.807) is 30.2 Å². The van der Waals surface area contributed by atoms with Gasteiger partial charge in [0.2, 0.25) is 5.91 Å². The van der Waals surface area contributed by atoms with Gasteiger partial charge in [-0.3, -0.25) is 4.79 Å². The summed E-state index contributed by atoms with van der Waals surface area (Å²) in [5.41, 5.74) is 1.98. The van der Waals surface area contributed by atoms with Crippen LogP contribution in [0, 0.1) is 5.92 Å². The van der Waals surface area contributed by atoms with Crippen molar-refractivity contribution in [3.8, 4) is 17.1 Å². The summed E-state index contributed by atoms with van der Waals surface area (Å²) in [5.74, 6) is 1.08. The molecule has 2 aromatic carbocycles. The number of H-pyrrole nitrogens is 1. The van der Waals surface area contributed by atoms with Crippen LogP contribution in [0.3, 0.4) is 0 Å². The molecule has 2 aromatic heterocycles. The fraction of sp³-hybridized carbons (Fsp3) is 0.345. The molecule has 0 saturated carbocycles. The quantitative estimate of drug-likeness (QED) is 0.295. The summed E-state index contributed by atoms with van der Waals surface area (Å²) >= 11 is 0. The SMILES string of the molecule is CCC[C@H](C)C(=O)N1CCc2c([nH]c3ccc(OC)cc23)[C@@H]1c1ccc(-c2ccccc2C(F)(F)F)o1. The van der Waals surface area contributed by atoms with Gasteiger partial charge in [-0.25, -0.2) is 0 Å². The number of aromatic nitrogens is 1. The Labute approximate surface area is 213 Å². The number of nitrogens with zero attached hydrogens (tertiary/aromatic N) is 1. The molecule has 3 heterocycles. The van der Waals surface area contributed by atoms with Gasteiger partial charge in [-0.05, 0) is 54.8 Å². The van der Waals surface area contributed by atoms with Gasteiger partial charge in [-0.2, -0.15) is 13.2 Å². The van der Waals surface area contributed by atoms with Crippen molar-refractivity contribution in [3.63, 3.8) is 0 Å². The minimum absolute atomic E-state index is 0.00220. The Kier molecular flexibility index (Phi) is 6.52. The predicted molar refractivity (Wildman–Crippen MR) is 135 cm³/mol. The molecular weight excluding hydrogens is 481 g/mol. The van der Waals surface area contributed by atoms with E-state index < -0.39 is 17.8 Å². The van der Waals surface area contributed by atoms with Gasteiger partial charge in [0.15, 0.2) is 0 Å². The fourth-order valence-electron chi connectivity index (χ4n) is 5.36. The van der Waals surface area contributed by atoms with Gasteiger partial charge in [0.1, 0.15) is 23.3 Å². The average molecular weight is 511 g/mol. The molecule has 4 aromatic rings. The van der Waals surface area contributed by atoms with Crippen molar-refractivity contribution in [1.29, 1.82) is 0 Å². The third-order valence-electron chi connectivity index (χ3n) is 7.15. The van der Waals surface area contributed by atoms with Crippen LogP contribution in [0.1, 0.15) is 55.3 Å². The molecule has 1 aliphatic heterocycles. The Bertz CT molecular complexity index is 1440. The molecule has 8 heteroatoms. The number of carbonyl (C=O) groups excluding carboxylic acids is 1. The van der Waals surface area contributed by atoms with Crippen LogP contribution < -0.4 is 4.74 Å². The monoisotopic (exact) mass is 510 g/mol. The van der Waals surface area contributed by atoms with Crippen molar-refractivity contribution in [2.75, 3.05) is 13.7 Å². The van der Waals surface area contributed by atoms with E-state index in [2.05, 4.69) is 4.98 Å². The largest absolute Gasteiger partial charge is 0.497 e. The number of fused-ring (bicyclic) bond motifs is 3. The zero-order valence-corrected chi connectivity index (χ0v) is 21.0. The first-order chi connectivity index (χ1) is 17.7. The lowest BCUT2D eigenvalue weighted by Gasteiger charge is -2.36. The molecule has 0 aliphatic carbocycles. The molecule has 5 rings (SSSR count). The summed E-state index contributed by atoms with van der Waals surface area (Å²) in [7, 11) is 1.61. The van der Waals surface area contributed by atoms with Gasteiger partial charge in [0.05, 0.1) is 18.4 Å². The maximum Gasteiger partial charge on any atom is 0.417 e. The zero-order chi connectivity index (χ0) is 26.3. The maximum atomic E-state index is 13.7. The van der Waals surface area contributed by atoms with Crippen molar-refractivity contribution in [2.24, 2.45) is 5.92 Å². The number of nitrogens with one attached hydrogen (secondary N) is 1. The lowest BCUT2D eigenvalue weighted by atomic mass is 9.93. The summed E-state index contributed by atoms with van der Waals surface area (Å²) in [6.07, 6.45) is -2.24. The first-order valence-electron chi connectivity index (χ1n) is 12.5. The molecule has 194 valence electrons. The van der Waals surface area contributed by atoms with Crippen LogP contribution in [-0.4, -0.2) is 29.4 Å². The number of halogens is 3. The van der Waals surface area contributed by atoms with Gasteiger partial charge in [0.25, 0.3) is 0 Å². The minimum Gasteiger partial charge on any atom is -0.497 e. The second-order valence-electron chi connectivity index (χ2n) is 9.55. The van der Waals surface area contributed by atoms with E-state index in [4.69, 9.17) is 9.15 Å². The van der Waals surface area contributed by atoms with E-state index in [0.717, 1.165) is 46.8 Å². The van der Waals surface area contributed by atoms with E-state index in [1.807, 2.05) is 32.0 Å². The molecule has 0 saturated heterocycles. The Morgan fingerprint density at radius 2 is 1.97 bits per heavy atom. The van der Waals surface area contributed by atoms with Gasteiger partial charge in [-0.1, -0.05) is 38.5 Å². The Hall–Kier alpha value is -3.68. The van der Waals surface area contributed by atoms with E-state index in [-0.39, 0.29) is 23.1 Å². The Morgan fingerprint density at radius 3 is 2.70 bits per heavy atom. The molecule has 0 fully saturated rings. The van der Waals surface area contributed by atoms with Gasteiger partial charge in [0, 0.05) is 28.9 Å². The number of ether oxygens (including phenoxy) is 1. The molecule has 2 atom stereocenters. The molecule has 0 unspecified atom stereocenters. The summed E-state index contributed by atoms with van der Waals surface area (Å²) in [6, 6.07) is 13.8. The molecule has 1 amide bonds. The highest BCUT2D eigenvalue weighted by molar-refractivity contribution is 5.88. The van der Waals surface area contributed by atoms with Crippen LogP contribution in [0.15, 0.2) is 59.0 Å². The van der Waals surface area contributed by atoms with E-state index >= 15 is 0 Å². The number of amides is 1. The average Bonchev–Trinajstić information content (AvgIpc) is 3.52. The number of benzene rings is 2. The highest BCUT2D eigenvalue weighted by Crippen LogP contribution is 2.43. The van der Waals surface area contributed by atoms with Gasteiger partial charge < -0.3 is 19.0 Å². The second kappa shape index (κ2) is 9.65. The number of hydrogen-bond acceptors (Lipinski definition) is 3. The van der Waals surface area contributed by atoms with Crippen LogP contribution in [0.5, 0.6) is 5.75 Å². The molecule has 37 heavy (non-hydrogen) atoms. The minimum atomic E-state index is -4.52. The van der Waals surface area contributed by atoms with Crippen molar-refractivity contribution in [1.82, 2.24) is 9.88 Å².